The van der Waals surface area contributed by atoms with Crippen LogP contribution in [0, 0.1) is 11.6 Å². The highest BCUT2D eigenvalue weighted by atomic mass is 19.2. The standard InChI is InChI=1S/C21H23F2NO4/c1-26-19-6-3-14(11-20(19)27-2)12-21(25)24-9-7-15(8-10-24)28-16-4-5-17(22)18(23)13-16/h3-6,11,13,15H,7-10,12H2,1-2H3. The quantitative estimate of drug-likeness (QED) is 0.755. The lowest BCUT2D eigenvalue weighted by molar-refractivity contribution is -0.132. The Bertz CT molecular complexity index is 835. The molecule has 0 saturated carbocycles. The smallest absolute Gasteiger partial charge is 0.226 e. The molecule has 0 aromatic heterocycles. The SMILES string of the molecule is COc1ccc(CC(=O)N2CCC(Oc3ccc(F)c(F)c3)CC2)cc1OC. The number of amides is 1. The van der Waals surface area contributed by atoms with Crippen molar-refractivity contribution in [2.24, 2.45) is 0 Å². The van der Waals surface area contributed by atoms with Crippen LogP contribution < -0.4 is 14.2 Å². The van der Waals surface area contributed by atoms with Gasteiger partial charge in [-0.1, -0.05) is 6.07 Å². The van der Waals surface area contributed by atoms with E-state index in [1.165, 1.54) is 6.07 Å². The molecule has 0 spiro atoms. The zero-order valence-electron chi connectivity index (χ0n) is 15.9. The van der Waals surface area contributed by atoms with E-state index in [0.29, 0.717) is 43.2 Å². The minimum Gasteiger partial charge on any atom is -0.493 e. The van der Waals surface area contributed by atoms with Crippen LogP contribution in [0.3, 0.4) is 0 Å². The van der Waals surface area contributed by atoms with E-state index in [2.05, 4.69) is 0 Å². The number of ether oxygens (including phenoxy) is 3. The van der Waals surface area contributed by atoms with Crippen LogP contribution in [-0.4, -0.2) is 44.2 Å². The Morgan fingerprint density at radius 1 is 1.00 bits per heavy atom. The van der Waals surface area contributed by atoms with E-state index < -0.39 is 11.6 Å². The predicted octanol–water partition coefficient (Wildman–Crippen LogP) is 3.59. The molecule has 0 bridgehead atoms. The van der Waals surface area contributed by atoms with Crippen LogP contribution >= 0.6 is 0 Å². The van der Waals surface area contributed by atoms with Gasteiger partial charge in [0.25, 0.3) is 0 Å². The normalized spacial score (nSPS) is 14.6. The average molecular weight is 391 g/mol. The Morgan fingerprint density at radius 2 is 1.71 bits per heavy atom. The summed E-state index contributed by atoms with van der Waals surface area (Å²) in [5.74, 6) is -0.296. The molecule has 7 heteroatoms. The highest BCUT2D eigenvalue weighted by Gasteiger charge is 2.24. The largest absolute Gasteiger partial charge is 0.493 e. The molecule has 0 atom stereocenters. The third-order valence-electron chi connectivity index (χ3n) is 4.79. The fourth-order valence-corrected chi connectivity index (χ4v) is 3.24. The van der Waals surface area contributed by atoms with Gasteiger partial charge < -0.3 is 19.1 Å². The molecule has 2 aromatic carbocycles. The highest BCUT2D eigenvalue weighted by molar-refractivity contribution is 5.79. The molecule has 0 aliphatic carbocycles. The number of methoxy groups -OCH3 is 2. The average Bonchev–Trinajstić information content (AvgIpc) is 2.71. The van der Waals surface area contributed by atoms with Gasteiger partial charge >= 0.3 is 0 Å². The molecule has 3 rings (SSSR count). The topological polar surface area (TPSA) is 48.0 Å². The first-order valence-corrected chi connectivity index (χ1v) is 9.10. The maximum Gasteiger partial charge on any atom is 0.226 e. The molecule has 1 aliphatic rings. The fraction of sp³-hybridized carbons (Fsp3) is 0.381. The Hall–Kier alpha value is -2.83. The number of piperidine rings is 1. The molecule has 1 saturated heterocycles. The molecule has 0 radical (unpaired) electrons. The van der Waals surface area contributed by atoms with Crippen molar-refractivity contribution in [3.8, 4) is 17.2 Å². The van der Waals surface area contributed by atoms with Gasteiger partial charge in [0.15, 0.2) is 23.1 Å². The number of nitrogens with zero attached hydrogens (tertiary/aromatic N) is 1. The van der Waals surface area contributed by atoms with Crippen molar-refractivity contribution >= 4 is 5.91 Å². The number of rotatable bonds is 6. The van der Waals surface area contributed by atoms with Crippen molar-refractivity contribution in [1.29, 1.82) is 0 Å². The minimum atomic E-state index is -0.931. The Kier molecular flexibility index (Phi) is 6.34. The summed E-state index contributed by atoms with van der Waals surface area (Å²) in [5, 5.41) is 0. The third kappa shape index (κ3) is 4.71. The predicted molar refractivity (Wildman–Crippen MR) is 99.8 cm³/mol. The lowest BCUT2D eigenvalue weighted by Crippen LogP contribution is -2.42. The summed E-state index contributed by atoms with van der Waals surface area (Å²) in [7, 11) is 3.12. The number of hydrogen-bond acceptors (Lipinski definition) is 4. The summed E-state index contributed by atoms with van der Waals surface area (Å²) in [4.78, 5) is 14.4. The molecule has 0 N–H and O–H groups in total. The van der Waals surface area contributed by atoms with Gasteiger partial charge in [-0.05, 0) is 29.8 Å². The lowest BCUT2D eigenvalue weighted by atomic mass is 10.1. The zero-order valence-corrected chi connectivity index (χ0v) is 15.9. The first kappa shape index (κ1) is 19.9. The van der Waals surface area contributed by atoms with E-state index in [4.69, 9.17) is 14.2 Å². The van der Waals surface area contributed by atoms with Gasteiger partial charge in [-0.2, -0.15) is 0 Å². The maximum absolute atomic E-state index is 13.3. The second-order valence-corrected chi connectivity index (χ2v) is 6.64. The van der Waals surface area contributed by atoms with Crippen molar-refractivity contribution in [3.63, 3.8) is 0 Å². The van der Waals surface area contributed by atoms with Crippen LogP contribution in [0.25, 0.3) is 0 Å². The van der Waals surface area contributed by atoms with Crippen LogP contribution in [-0.2, 0) is 11.2 Å². The summed E-state index contributed by atoms with van der Waals surface area (Å²) in [6.07, 6.45) is 1.41. The molecule has 28 heavy (non-hydrogen) atoms. The minimum absolute atomic E-state index is 0.0264. The van der Waals surface area contributed by atoms with Gasteiger partial charge in [0, 0.05) is 32.0 Å². The molecule has 1 heterocycles. The lowest BCUT2D eigenvalue weighted by Gasteiger charge is -2.32. The van der Waals surface area contributed by atoms with Crippen LogP contribution in [0.4, 0.5) is 8.78 Å². The molecule has 2 aromatic rings. The van der Waals surface area contributed by atoms with Crippen LogP contribution in [0.15, 0.2) is 36.4 Å². The summed E-state index contributed by atoms with van der Waals surface area (Å²) >= 11 is 0. The van der Waals surface area contributed by atoms with E-state index in [9.17, 15) is 13.6 Å². The monoisotopic (exact) mass is 391 g/mol. The third-order valence-corrected chi connectivity index (χ3v) is 4.79. The Labute approximate surface area is 162 Å². The van der Waals surface area contributed by atoms with E-state index in [1.54, 1.807) is 31.3 Å². The van der Waals surface area contributed by atoms with E-state index >= 15 is 0 Å². The van der Waals surface area contributed by atoms with Crippen molar-refractivity contribution in [1.82, 2.24) is 4.90 Å². The van der Waals surface area contributed by atoms with Crippen molar-refractivity contribution in [2.75, 3.05) is 27.3 Å². The molecular formula is C21H23F2NO4. The van der Waals surface area contributed by atoms with Gasteiger partial charge in [0.1, 0.15) is 11.9 Å². The highest BCUT2D eigenvalue weighted by Crippen LogP contribution is 2.28. The van der Waals surface area contributed by atoms with Gasteiger partial charge in [-0.3, -0.25) is 4.79 Å². The second kappa shape index (κ2) is 8.91. The number of benzene rings is 2. The first-order chi connectivity index (χ1) is 13.5. The van der Waals surface area contributed by atoms with Crippen LogP contribution in [0.2, 0.25) is 0 Å². The van der Waals surface area contributed by atoms with Crippen molar-refractivity contribution in [2.45, 2.75) is 25.4 Å². The number of hydrogen-bond donors (Lipinski definition) is 0. The van der Waals surface area contributed by atoms with Crippen LogP contribution in [0.1, 0.15) is 18.4 Å². The molecule has 0 unspecified atom stereocenters. The second-order valence-electron chi connectivity index (χ2n) is 6.64. The summed E-state index contributed by atoms with van der Waals surface area (Å²) in [6.45, 7) is 1.11. The van der Waals surface area contributed by atoms with Gasteiger partial charge in [0.2, 0.25) is 5.91 Å². The van der Waals surface area contributed by atoms with E-state index in [-0.39, 0.29) is 18.4 Å². The molecule has 150 valence electrons. The number of carbonyl (C=O) groups excluding carboxylic acids is 1. The van der Waals surface area contributed by atoms with Crippen LogP contribution in [0.5, 0.6) is 17.2 Å². The molecule has 5 nitrogen and oxygen atoms in total. The van der Waals surface area contributed by atoms with E-state index in [1.807, 2.05) is 6.07 Å². The molecular weight excluding hydrogens is 368 g/mol. The van der Waals surface area contributed by atoms with Crippen molar-refractivity contribution < 1.29 is 27.8 Å². The molecule has 1 amide bonds. The Morgan fingerprint density at radius 3 is 2.36 bits per heavy atom. The number of likely N-dealkylation sites (tertiary alicyclic amines) is 1. The zero-order chi connectivity index (χ0) is 20.1. The molecule has 1 aliphatic heterocycles. The number of halogens is 2. The van der Waals surface area contributed by atoms with Gasteiger partial charge in [-0.15, -0.1) is 0 Å². The fourth-order valence-electron chi connectivity index (χ4n) is 3.24. The van der Waals surface area contributed by atoms with Gasteiger partial charge in [0.05, 0.1) is 20.6 Å². The molecule has 1 fully saturated rings. The number of carbonyl (C=O) groups is 1. The van der Waals surface area contributed by atoms with Crippen molar-refractivity contribution in [3.05, 3.63) is 53.6 Å². The van der Waals surface area contributed by atoms with Gasteiger partial charge in [-0.25, -0.2) is 8.78 Å². The Balaban J connectivity index is 1.53. The summed E-state index contributed by atoms with van der Waals surface area (Å²) in [6, 6.07) is 8.93. The van der Waals surface area contributed by atoms with E-state index in [0.717, 1.165) is 17.7 Å². The first-order valence-electron chi connectivity index (χ1n) is 9.10. The summed E-state index contributed by atoms with van der Waals surface area (Å²) in [5.41, 5.74) is 0.850. The maximum atomic E-state index is 13.3. The summed E-state index contributed by atoms with van der Waals surface area (Å²) < 4.78 is 42.5.